The SMILES string of the molecule is O=C=NN1C(Oc2ccccc2)N(N=C=O)C(Oc2ccccc2)N(N=C=O)C1Oc1ccccc1. The summed E-state index contributed by atoms with van der Waals surface area (Å²) in [7, 11) is 0. The summed E-state index contributed by atoms with van der Waals surface area (Å²) in [5.41, 5.74) is 0. The number of para-hydroxylation sites is 3. The highest BCUT2D eigenvalue weighted by Crippen LogP contribution is 2.32. The van der Waals surface area contributed by atoms with Gasteiger partial charge in [0.15, 0.2) is 0 Å². The molecule has 12 nitrogen and oxygen atoms in total. The maximum Gasteiger partial charge on any atom is 0.293 e. The Hall–Kier alpha value is -5.40. The van der Waals surface area contributed by atoms with Crippen LogP contribution in [0, 0.1) is 0 Å². The van der Waals surface area contributed by atoms with Gasteiger partial charge >= 0.3 is 0 Å². The lowest BCUT2D eigenvalue weighted by Gasteiger charge is -2.49. The highest BCUT2D eigenvalue weighted by atomic mass is 16.6. The Bertz CT molecular complexity index is 1110. The van der Waals surface area contributed by atoms with Crippen LogP contribution in [-0.4, -0.2) is 52.3 Å². The lowest BCUT2D eigenvalue weighted by Crippen LogP contribution is -2.71. The Kier molecular flexibility index (Phi) is 7.68. The van der Waals surface area contributed by atoms with E-state index in [1.165, 1.54) is 18.2 Å². The van der Waals surface area contributed by atoms with E-state index in [0.717, 1.165) is 15.0 Å². The fraction of sp³-hybridized carbons (Fsp3) is 0.125. The Morgan fingerprint density at radius 2 is 0.722 bits per heavy atom. The van der Waals surface area contributed by atoms with Crippen LogP contribution in [-0.2, 0) is 14.4 Å². The second-order valence-electron chi connectivity index (χ2n) is 6.99. The molecule has 0 atom stereocenters. The van der Waals surface area contributed by atoms with Crippen LogP contribution in [0.1, 0.15) is 0 Å². The summed E-state index contributed by atoms with van der Waals surface area (Å²) in [6.07, 6.45) is 0.0557. The zero-order valence-electron chi connectivity index (χ0n) is 18.5. The van der Waals surface area contributed by atoms with Gasteiger partial charge in [0.25, 0.3) is 37.3 Å². The van der Waals surface area contributed by atoms with Gasteiger partial charge in [0, 0.05) is 0 Å². The van der Waals surface area contributed by atoms with E-state index in [9.17, 15) is 14.4 Å². The summed E-state index contributed by atoms with van der Waals surface area (Å²) in [4.78, 5) is 34.3. The minimum atomic E-state index is -1.41. The predicted molar refractivity (Wildman–Crippen MR) is 122 cm³/mol. The molecular formula is C24H18N6O6. The van der Waals surface area contributed by atoms with Crippen LogP contribution in [0.5, 0.6) is 17.2 Å². The van der Waals surface area contributed by atoms with Crippen molar-refractivity contribution in [1.29, 1.82) is 0 Å². The van der Waals surface area contributed by atoms with Crippen molar-refractivity contribution in [2.45, 2.75) is 19.1 Å². The van der Waals surface area contributed by atoms with Crippen molar-refractivity contribution in [3.63, 3.8) is 0 Å². The second-order valence-corrected chi connectivity index (χ2v) is 6.99. The van der Waals surface area contributed by atoms with Crippen LogP contribution < -0.4 is 14.2 Å². The third kappa shape index (κ3) is 5.39. The quantitative estimate of drug-likeness (QED) is 0.331. The van der Waals surface area contributed by atoms with Crippen molar-refractivity contribution in [3.8, 4) is 17.2 Å². The molecule has 0 aromatic heterocycles. The van der Waals surface area contributed by atoms with E-state index in [0.29, 0.717) is 17.2 Å². The standard InChI is InChI=1S/C24H18N6O6/c31-16-25-28-22(34-19-10-4-1-5-11-19)29(26-17-32)24(36-21-14-8-3-9-15-21)30(27-18-33)23(28)35-20-12-6-2-7-13-20/h1-15,22-24H. The van der Waals surface area contributed by atoms with Crippen LogP contribution >= 0.6 is 0 Å². The molecule has 36 heavy (non-hydrogen) atoms. The van der Waals surface area contributed by atoms with Crippen molar-refractivity contribution in [2.24, 2.45) is 15.3 Å². The van der Waals surface area contributed by atoms with Gasteiger partial charge in [-0.1, -0.05) is 69.9 Å². The Morgan fingerprint density at radius 1 is 0.472 bits per heavy atom. The molecule has 0 radical (unpaired) electrons. The molecule has 3 aromatic rings. The number of nitrogens with zero attached hydrogens (tertiary/aromatic N) is 6. The number of hydrogen-bond donors (Lipinski definition) is 0. The van der Waals surface area contributed by atoms with Gasteiger partial charge < -0.3 is 14.2 Å². The van der Waals surface area contributed by atoms with Crippen LogP contribution in [0.4, 0.5) is 0 Å². The van der Waals surface area contributed by atoms with Crippen LogP contribution in [0.15, 0.2) is 106 Å². The number of hydrazone groups is 3. The molecule has 0 amide bonds. The predicted octanol–water partition coefficient (Wildman–Crippen LogP) is 2.75. The fourth-order valence-corrected chi connectivity index (χ4v) is 3.32. The molecule has 1 aliphatic heterocycles. The normalized spacial score (nSPS) is 18.7. The molecule has 0 aliphatic carbocycles. The Balaban J connectivity index is 1.85. The monoisotopic (exact) mass is 486 g/mol. The topological polar surface area (TPSA) is 126 Å². The molecule has 0 spiro atoms. The summed E-state index contributed by atoms with van der Waals surface area (Å²) in [6.45, 7) is 0. The number of ether oxygens (including phenoxy) is 3. The smallest absolute Gasteiger partial charge is 0.293 e. The molecule has 0 bridgehead atoms. The van der Waals surface area contributed by atoms with Gasteiger partial charge in [-0.25, -0.2) is 14.4 Å². The van der Waals surface area contributed by atoms with Crippen molar-refractivity contribution in [3.05, 3.63) is 91.0 Å². The molecule has 0 N–H and O–H groups in total. The molecule has 1 heterocycles. The van der Waals surface area contributed by atoms with Gasteiger partial charge in [-0.15, -0.1) is 0 Å². The van der Waals surface area contributed by atoms with Crippen molar-refractivity contribution in [2.75, 3.05) is 0 Å². The van der Waals surface area contributed by atoms with Gasteiger partial charge in [-0.2, -0.15) is 15.0 Å². The number of carbonyl (C=O) groups excluding carboxylic acids is 3. The summed E-state index contributed by atoms with van der Waals surface area (Å²) in [5, 5.41) is 14.0. The zero-order chi connectivity index (χ0) is 25.2. The van der Waals surface area contributed by atoms with Crippen molar-refractivity contribution in [1.82, 2.24) is 15.0 Å². The van der Waals surface area contributed by atoms with E-state index >= 15 is 0 Å². The molecule has 180 valence electrons. The van der Waals surface area contributed by atoms with Gasteiger partial charge in [-0.3, -0.25) is 0 Å². The zero-order valence-corrected chi connectivity index (χ0v) is 18.5. The van der Waals surface area contributed by atoms with E-state index in [4.69, 9.17) is 14.2 Å². The van der Waals surface area contributed by atoms with Crippen molar-refractivity contribution >= 4 is 18.2 Å². The minimum Gasteiger partial charge on any atom is -0.449 e. The lowest BCUT2D eigenvalue weighted by atomic mass is 10.3. The van der Waals surface area contributed by atoms with Crippen LogP contribution in [0.3, 0.4) is 0 Å². The van der Waals surface area contributed by atoms with Crippen LogP contribution in [0.25, 0.3) is 0 Å². The minimum absolute atomic E-state index is 0.337. The number of hydrogen-bond acceptors (Lipinski definition) is 12. The molecule has 12 heteroatoms. The summed E-state index contributed by atoms with van der Waals surface area (Å²) in [6, 6.07) is 25.5. The largest absolute Gasteiger partial charge is 0.449 e. The average Bonchev–Trinajstić information content (AvgIpc) is 2.92. The first-order valence-corrected chi connectivity index (χ1v) is 10.5. The number of benzene rings is 3. The van der Waals surface area contributed by atoms with Gasteiger partial charge in [0.2, 0.25) is 0 Å². The summed E-state index contributed by atoms with van der Waals surface area (Å²) < 4.78 is 18.1. The fourth-order valence-electron chi connectivity index (χ4n) is 3.32. The summed E-state index contributed by atoms with van der Waals surface area (Å²) >= 11 is 0. The number of isocyanates is 3. The first-order valence-electron chi connectivity index (χ1n) is 10.5. The molecule has 0 unspecified atom stereocenters. The average molecular weight is 486 g/mol. The van der Waals surface area contributed by atoms with E-state index in [2.05, 4.69) is 15.3 Å². The maximum atomic E-state index is 11.4. The van der Waals surface area contributed by atoms with Gasteiger partial charge in [-0.05, 0) is 36.4 Å². The van der Waals surface area contributed by atoms with E-state index in [1.807, 2.05) is 0 Å². The maximum absolute atomic E-state index is 11.4. The molecular weight excluding hydrogens is 468 g/mol. The summed E-state index contributed by atoms with van der Waals surface area (Å²) in [5.74, 6) is 1.01. The molecule has 1 saturated heterocycles. The molecule has 4 rings (SSSR count). The highest BCUT2D eigenvalue weighted by molar-refractivity contribution is 5.34. The first-order chi connectivity index (χ1) is 17.7. The second kappa shape index (κ2) is 11.6. The van der Waals surface area contributed by atoms with E-state index in [1.54, 1.807) is 91.0 Å². The number of rotatable bonds is 9. The molecule has 1 fully saturated rings. The molecule has 0 saturated carbocycles. The first kappa shape index (κ1) is 23.7. The third-order valence-electron chi connectivity index (χ3n) is 4.78. The third-order valence-corrected chi connectivity index (χ3v) is 4.78. The Labute approximate surface area is 204 Å². The lowest BCUT2D eigenvalue weighted by molar-refractivity contribution is -0.319. The van der Waals surface area contributed by atoms with Crippen LogP contribution in [0.2, 0.25) is 0 Å². The van der Waals surface area contributed by atoms with Gasteiger partial charge in [0.1, 0.15) is 17.2 Å². The van der Waals surface area contributed by atoms with E-state index in [-0.39, 0.29) is 0 Å². The molecule has 1 aliphatic rings. The van der Waals surface area contributed by atoms with Gasteiger partial charge in [0.05, 0.1) is 0 Å². The Morgan fingerprint density at radius 3 is 0.944 bits per heavy atom. The van der Waals surface area contributed by atoms with Crippen molar-refractivity contribution < 1.29 is 28.6 Å². The van der Waals surface area contributed by atoms with E-state index < -0.39 is 19.1 Å². The molecule has 3 aromatic carbocycles. The highest BCUT2D eigenvalue weighted by Gasteiger charge is 2.51.